The Bertz CT molecular complexity index is 878. The Labute approximate surface area is 176 Å². The number of benzene rings is 1. The fourth-order valence-corrected chi connectivity index (χ4v) is 4.28. The molecule has 1 aromatic carbocycles. The summed E-state index contributed by atoms with van der Waals surface area (Å²) in [6, 6.07) is 7.02. The largest absolute Gasteiger partial charge is 0.379 e. The smallest absolute Gasteiger partial charge is 0.272 e. The number of fused-ring (bicyclic) bond motifs is 1. The number of amides is 1. The van der Waals surface area contributed by atoms with Crippen LogP contribution in [0.15, 0.2) is 24.3 Å². The molecule has 1 fully saturated rings. The number of morpholine rings is 1. The molecule has 2 heterocycles. The first-order valence-corrected chi connectivity index (χ1v) is 10.7. The third-order valence-electron chi connectivity index (χ3n) is 6.03. The molecule has 4 rings (SSSR count). The Kier molecular flexibility index (Phi) is 6.76. The van der Waals surface area contributed by atoms with Crippen molar-refractivity contribution >= 4 is 5.91 Å². The molecule has 0 bridgehead atoms. The first-order valence-electron chi connectivity index (χ1n) is 10.7. The zero-order chi connectivity index (χ0) is 20.9. The minimum absolute atomic E-state index is 0.116. The Hall–Kier alpha value is -2.29. The first kappa shape index (κ1) is 21.0. The number of carbonyl (C=O) groups is 1. The second kappa shape index (κ2) is 9.68. The predicted molar refractivity (Wildman–Crippen MR) is 112 cm³/mol. The van der Waals surface area contributed by atoms with E-state index < -0.39 is 0 Å². The van der Waals surface area contributed by atoms with Gasteiger partial charge in [0.25, 0.3) is 5.91 Å². The number of hydrogen-bond donors (Lipinski definition) is 2. The number of hydrogen-bond acceptors (Lipinski definition) is 5. The summed E-state index contributed by atoms with van der Waals surface area (Å²) >= 11 is 0. The van der Waals surface area contributed by atoms with Crippen LogP contribution in [0.4, 0.5) is 4.39 Å². The van der Waals surface area contributed by atoms with Gasteiger partial charge in [-0.3, -0.25) is 14.4 Å². The quantitative estimate of drug-likeness (QED) is 0.713. The van der Waals surface area contributed by atoms with Crippen LogP contribution in [0.3, 0.4) is 0 Å². The number of ether oxygens (including phenoxy) is 1. The van der Waals surface area contributed by atoms with E-state index in [-0.39, 0.29) is 17.8 Å². The van der Waals surface area contributed by atoms with Crippen LogP contribution >= 0.6 is 0 Å². The second-order valence-electron chi connectivity index (χ2n) is 8.02. The van der Waals surface area contributed by atoms with Gasteiger partial charge in [-0.05, 0) is 25.3 Å². The van der Waals surface area contributed by atoms with Crippen molar-refractivity contribution in [2.24, 2.45) is 7.05 Å². The van der Waals surface area contributed by atoms with Crippen LogP contribution in [0.5, 0.6) is 0 Å². The molecule has 0 radical (unpaired) electrons. The zero-order valence-electron chi connectivity index (χ0n) is 17.5. The van der Waals surface area contributed by atoms with Crippen molar-refractivity contribution in [1.29, 1.82) is 0 Å². The lowest BCUT2D eigenvalue weighted by Crippen LogP contribution is -2.41. The van der Waals surface area contributed by atoms with Crippen molar-refractivity contribution in [2.75, 3.05) is 39.4 Å². The van der Waals surface area contributed by atoms with E-state index in [9.17, 15) is 9.18 Å². The number of halogens is 1. The van der Waals surface area contributed by atoms with Crippen molar-refractivity contribution in [3.63, 3.8) is 0 Å². The molecule has 2 aliphatic rings. The zero-order valence-corrected chi connectivity index (χ0v) is 17.5. The van der Waals surface area contributed by atoms with Gasteiger partial charge in [0, 0.05) is 62.6 Å². The lowest BCUT2D eigenvalue weighted by Gasteiger charge is -2.26. The van der Waals surface area contributed by atoms with Crippen LogP contribution in [0.25, 0.3) is 0 Å². The minimum Gasteiger partial charge on any atom is -0.379 e. The van der Waals surface area contributed by atoms with Crippen molar-refractivity contribution in [3.8, 4) is 0 Å². The molecular weight excluding hydrogens is 385 g/mol. The Morgan fingerprint density at radius 3 is 2.90 bits per heavy atom. The molecule has 2 aromatic rings. The number of rotatable bonds is 7. The van der Waals surface area contributed by atoms with Gasteiger partial charge >= 0.3 is 0 Å². The van der Waals surface area contributed by atoms with Crippen molar-refractivity contribution < 1.29 is 13.9 Å². The summed E-state index contributed by atoms with van der Waals surface area (Å²) in [4.78, 5) is 15.1. The molecule has 0 unspecified atom stereocenters. The van der Waals surface area contributed by atoms with E-state index in [2.05, 4.69) is 20.6 Å². The van der Waals surface area contributed by atoms with E-state index in [0.29, 0.717) is 24.3 Å². The summed E-state index contributed by atoms with van der Waals surface area (Å²) in [5.74, 6) is -0.307. The van der Waals surface area contributed by atoms with Gasteiger partial charge in [0.05, 0.1) is 13.2 Å². The second-order valence-corrected chi connectivity index (χ2v) is 8.02. The van der Waals surface area contributed by atoms with Crippen LogP contribution in [-0.2, 0) is 31.2 Å². The SMILES string of the molecule is Cn1nc(C(=O)NCCN2CCOCC2)c2c1CC[C@@H](NCc1ccccc1F)C2. The highest BCUT2D eigenvalue weighted by Crippen LogP contribution is 2.24. The molecule has 1 aliphatic heterocycles. The van der Waals surface area contributed by atoms with Gasteiger partial charge in [-0.2, -0.15) is 5.10 Å². The van der Waals surface area contributed by atoms with E-state index in [0.717, 1.165) is 63.4 Å². The van der Waals surface area contributed by atoms with Crippen molar-refractivity contribution in [3.05, 3.63) is 52.6 Å². The third kappa shape index (κ3) is 4.88. The van der Waals surface area contributed by atoms with E-state index in [1.54, 1.807) is 12.1 Å². The number of aryl methyl sites for hydroxylation is 1. The van der Waals surface area contributed by atoms with Crippen LogP contribution in [-0.4, -0.2) is 66.0 Å². The summed E-state index contributed by atoms with van der Waals surface area (Å²) in [7, 11) is 1.90. The lowest BCUT2D eigenvalue weighted by atomic mass is 9.91. The van der Waals surface area contributed by atoms with Gasteiger partial charge in [0.1, 0.15) is 5.82 Å². The highest BCUT2D eigenvalue weighted by Gasteiger charge is 2.28. The van der Waals surface area contributed by atoms with Gasteiger partial charge in [-0.25, -0.2) is 4.39 Å². The summed E-state index contributed by atoms with van der Waals surface area (Å²) < 4.78 is 21.1. The molecule has 0 spiro atoms. The van der Waals surface area contributed by atoms with Crippen LogP contribution in [0.2, 0.25) is 0 Å². The van der Waals surface area contributed by atoms with Crippen LogP contribution < -0.4 is 10.6 Å². The number of aromatic nitrogens is 2. The monoisotopic (exact) mass is 415 g/mol. The Morgan fingerprint density at radius 1 is 1.30 bits per heavy atom. The Morgan fingerprint density at radius 2 is 2.10 bits per heavy atom. The predicted octanol–water partition coefficient (Wildman–Crippen LogP) is 1.27. The topological polar surface area (TPSA) is 71.4 Å². The summed E-state index contributed by atoms with van der Waals surface area (Å²) in [5.41, 5.74) is 3.32. The van der Waals surface area contributed by atoms with Gasteiger partial charge in [0.15, 0.2) is 5.69 Å². The molecule has 30 heavy (non-hydrogen) atoms. The normalized spacial score (nSPS) is 19.5. The molecule has 2 N–H and O–H groups in total. The van der Waals surface area contributed by atoms with Gasteiger partial charge in [-0.15, -0.1) is 0 Å². The van der Waals surface area contributed by atoms with Gasteiger partial charge in [-0.1, -0.05) is 18.2 Å². The lowest BCUT2D eigenvalue weighted by molar-refractivity contribution is 0.0383. The minimum atomic E-state index is -0.191. The van der Waals surface area contributed by atoms with Crippen molar-refractivity contribution in [2.45, 2.75) is 31.8 Å². The molecule has 1 amide bonds. The Balaban J connectivity index is 1.35. The summed E-state index contributed by atoms with van der Waals surface area (Å²) in [6.07, 6.45) is 2.53. The molecule has 1 saturated heterocycles. The molecule has 1 aliphatic carbocycles. The molecule has 162 valence electrons. The highest BCUT2D eigenvalue weighted by molar-refractivity contribution is 5.94. The van der Waals surface area contributed by atoms with Crippen molar-refractivity contribution in [1.82, 2.24) is 25.3 Å². The summed E-state index contributed by atoms with van der Waals surface area (Å²) in [6.45, 7) is 5.21. The standard InChI is InChI=1S/C22H30FN5O2/c1-27-20-7-6-17(25-15-16-4-2-3-5-19(16)23)14-18(20)21(26-27)22(29)24-8-9-28-10-12-30-13-11-28/h2-5,17,25H,6-15H2,1H3,(H,24,29)/t17-/m1/s1. The fourth-order valence-electron chi connectivity index (χ4n) is 4.28. The van der Waals surface area contributed by atoms with E-state index in [1.165, 1.54) is 6.07 Å². The molecule has 1 aromatic heterocycles. The van der Waals surface area contributed by atoms with Gasteiger partial charge in [0.2, 0.25) is 0 Å². The molecule has 8 heteroatoms. The molecule has 0 saturated carbocycles. The average molecular weight is 416 g/mol. The van der Waals surface area contributed by atoms with E-state index in [4.69, 9.17) is 4.74 Å². The molecular formula is C22H30FN5O2. The van der Waals surface area contributed by atoms with Gasteiger partial charge < -0.3 is 15.4 Å². The van der Waals surface area contributed by atoms with E-state index >= 15 is 0 Å². The first-order chi connectivity index (χ1) is 14.6. The van der Waals surface area contributed by atoms with Crippen LogP contribution in [0, 0.1) is 5.82 Å². The van der Waals surface area contributed by atoms with Crippen LogP contribution in [0.1, 0.15) is 33.7 Å². The van der Waals surface area contributed by atoms with E-state index in [1.807, 2.05) is 17.8 Å². The third-order valence-corrected chi connectivity index (χ3v) is 6.03. The summed E-state index contributed by atoms with van der Waals surface area (Å²) in [5, 5.41) is 11.0. The average Bonchev–Trinajstić information content (AvgIpc) is 3.10. The molecule has 1 atom stereocenters. The number of nitrogens with one attached hydrogen (secondary N) is 2. The number of carbonyl (C=O) groups excluding carboxylic acids is 1. The number of nitrogens with zero attached hydrogens (tertiary/aromatic N) is 3. The fraction of sp³-hybridized carbons (Fsp3) is 0.545. The maximum Gasteiger partial charge on any atom is 0.272 e. The maximum absolute atomic E-state index is 13.9. The molecule has 7 nitrogen and oxygen atoms in total. The maximum atomic E-state index is 13.9. The highest BCUT2D eigenvalue weighted by atomic mass is 19.1.